The minimum atomic E-state index is -1.05. The quantitative estimate of drug-likeness (QED) is 0.710. The monoisotopic (exact) mass is 340 g/mol. The molecule has 24 heavy (non-hydrogen) atoms. The molecule has 4 nitrogen and oxygen atoms in total. The summed E-state index contributed by atoms with van der Waals surface area (Å²) in [7, 11) is 0. The molecule has 0 amide bonds. The van der Waals surface area contributed by atoms with Crippen LogP contribution in [-0.2, 0) is 4.79 Å². The lowest BCUT2D eigenvalue weighted by Gasteiger charge is -2.64. The van der Waals surface area contributed by atoms with Crippen molar-refractivity contribution in [2.75, 3.05) is 0 Å². The molecule has 7 atom stereocenters. The Kier molecular flexibility index (Phi) is 5.42. The molecule has 2 aliphatic carbocycles. The topological polar surface area (TPSA) is 77.8 Å². The van der Waals surface area contributed by atoms with E-state index in [-0.39, 0.29) is 23.2 Å². The van der Waals surface area contributed by atoms with Crippen molar-refractivity contribution in [2.45, 2.75) is 91.3 Å². The van der Waals surface area contributed by atoms with Crippen molar-refractivity contribution in [3.05, 3.63) is 0 Å². The largest absolute Gasteiger partial charge is 0.481 e. The minimum Gasteiger partial charge on any atom is -0.481 e. The van der Waals surface area contributed by atoms with Crippen LogP contribution in [0, 0.1) is 28.6 Å². The second kappa shape index (κ2) is 6.60. The summed E-state index contributed by atoms with van der Waals surface area (Å²) in [5.41, 5.74) is -1.24. The van der Waals surface area contributed by atoms with Crippen LogP contribution in [0.3, 0.4) is 0 Å². The third kappa shape index (κ3) is 3.12. The number of aliphatic carboxylic acids is 1. The number of fused-ring (bicyclic) bond motifs is 1. The van der Waals surface area contributed by atoms with E-state index in [9.17, 15) is 15.0 Å². The van der Waals surface area contributed by atoms with Gasteiger partial charge in [-0.3, -0.25) is 4.79 Å². The van der Waals surface area contributed by atoms with Crippen molar-refractivity contribution < 1.29 is 20.1 Å². The van der Waals surface area contributed by atoms with Crippen LogP contribution in [0.25, 0.3) is 0 Å². The lowest BCUT2D eigenvalue weighted by Crippen LogP contribution is -2.65. The predicted molar refractivity (Wildman–Crippen MR) is 94.6 cm³/mol. The number of hydrogen-bond acceptors (Lipinski definition) is 3. The fraction of sp³-hybridized carbons (Fsp3) is 0.950. The van der Waals surface area contributed by atoms with Crippen molar-refractivity contribution >= 4 is 5.97 Å². The van der Waals surface area contributed by atoms with Gasteiger partial charge in [0.05, 0.1) is 11.7 Å². The molecule has 140 valence electrons. The number of aliphatic hydroxyl groups is 2. The molecule has 2 saturated carbocycles. The van der Waals surface area contributed by atoms with Gasteiger partial charge in [-0.25, -0.2) is 0 Å². The standard InChI is InChI=1S/C20H36O4/c1-13(12-17(22)23)8-10-18(3)14(2)9-11-19(4)15(18)6-7-16(21)20(19,5)24/h13-16,21,24H,6-12H2,1-5H3,(H,22,23). The number of carboxylic acid groups (broad SMARTS) is 1. The highest BCUT2D eigenvalue weighted by atomic mass is 16.4. The Bertz CT molecular complexity index is 474. The maximum absolute atomic E-state index is 11.1. The first-order valence-electron chi connectivity index (χ1n) is 9.57. The zero-order valence-corrected chi connectivity index (χ0v) is 16.0. The number of aliphatic hydroxyl groups excluding tert-OH is 1. The minimum absolute atomic E-state index is 0.0872. The lowest BCUT2D eigenvalue weighted by molar-refractivity contribution is -0.235. The van der Waals surface area contributed by atoms with Gasteiger partial charge in [0.2, 0.25) is 0 Å². The van der Waals surface area contributed by atoms with Crippen molar-refractivity contribution in [2.24, 2.45) is 28.6 Å². The maximum atomic E-state index is 11.1. The Morgan fingerprint density at radius 3 is 2.42 bits per heavy atom. The van der Waals surface area contributed by atoms with Crippen molar-refractivity contribution in [3.8, 4) is 0 Å². The summed E-state index contributed by atoms with van der Waals surface area (Å²) in [6.07, 6.45) is 5.08. The third-order valence-corrected chi connectivity index (χ3v) is 8.02. The molecule has 0 aliphatic heterocycles. The summed E-state index contributed by atoms with van der Waals surface area (Å²) in [6.45, 7) is 10.6. The van der Waals surface area contributed by atoms with Gasteiger partial charge in [-0.15, -0.1) is 0 Å². The van der Waals surface area contributed by atoms with E-state index in [0.717, 1.165) is 32.1 Å². The molecule has 0 aromatic carbocycles. The van der Waals surface area contributed by atoms with Gasteiger partial charge >= 0.3 is 5.97 Å². The Labute approximate surface area is 146 Å². The molecule has 2 fully saturated rings. The molecule has 2 rings (SSSR count). The molecule has 3 N–H and O–H groups in total. The van der Waals surface area contributed by atoms with Gasteiger partial charge in [-0.2, -0.15) is 0 Å². The average Bonchev–Trinajstić information content (AvgIpc) is 2.47. The van der Waals surface area contributed by atoms with Gasteiger partial charge in [0.15, 0.2) is 0 Å². The lowest BCUT2D eigenvalue weighted by atomic mass is 9.43. The van der Waals surface area contributed by atoms with Crippen LogP contribution in [-0.4, -0.2) is 33.0 Å². The smallest absolute Gasteiger partial charge is 0.303 e. The first kappa shape index (κ1) is 19.7. The molecule has 0 radical (unpaired) electrons. The number of hydrogen-bond donors (Lipinski definition) is 3. The van der Waals surface area contributed by atoms with Gasteiger partial charge in [0.1, 0.15) is 0 Å². The van der Waals surface area contributed by atoms with Crippen LogP contribution < -0.4 is 0 Å². The molecule has 0 heterocycles. The van der Waals surface area contributed by atoms with Gasteiger partial charge in [-0.1, -0.05) is 27.7 Å². The Hall–Kier alpha value is -0.610. The van der Waals surface area contributed by atoms with Gasteiger partial charge in [0.25, 0.3) is 0 Å². The summed E-state index contributed by atoms with van der Waals surface area (Å²) in [5, 5.41) is 30.5. The van der Waals surface area contributed by atoms with Crippen molar-refractivity contribution in [1.29, 1.82) is 0 Å². The zero-order chi connectivity index (χ0) is 18.3. The highest BCUT2D eigenvalue weighted by Gasteiger charge is 2.62. The van der Waals surface area contributed by atoms with E-state index in [1.807, 2.05) is 13.8 Å². The molecule has 7 unspecified atom stereocenters. The van der Waals surface area contributed by atoms with Crippen LogP contribution in [0.15, 0.2) is 0 Å². The van der Waals surface area contributed by atoms with Crippen LogP contribution in [0.1, 0.15) is 79.6 Å². The summed E-state index contributed by atoms with van der Waals surface area (Å²) < 4.78 is 0. The van der Waals surface area contributed by atoms with E-state index in [4.69, 9.17) is 5.11 Å². The highest BCUT2D eigenvalue weighted by Crippen LogP contribution is 2.64. The summed E-state index contributed by atoms with van der Waals surface area (Å²) >= 11 is 0. The molecular formula is C20H36O4. The van der Waals surface area contributed by atoms with Gasteiger partial charge in [0, 0.05) is 11.8 Å². The fourth-order valence-electron chi connectivity index (χ4n) is 5.71. The Balaban J connectivity index is 2.22. The molecule has 0 spiro atoms. The van der Waals surface area contributed by atoms with E-state index in [1.165, 1.54) is 0 Å². The zero-order valence-electron chi connectivity index (χ0n) is 16.0. The highest BCUT2D eigenvalue weighted by molar-refractivity contribution is 5.66. The van der Waals surface area contributed by atoms with Crippen LogP contribution in [0.4, 0.5) is 0 Å². The predicted octanol–water partition coefficient (Wildman–Crippen LogP) is 3.84. The van der Waals surface area contributed by atoms with E-state index in [0.29, 0.717) is 18.3 Å². The van der Waals surface area contributed by atoms with Gasteiger partial charge in [-0.05, 0) is 68.6 Å². The molecule has 4 heteroatoms. The van der Waals surface area contributed by atoms with Gasteiger partial charge < -0.3 is 15.3 Å². The molecular weight excluding hydrogens is 304 g/mol. The first-order chi connectivity index (χ1) is 10.9. The Morgan fingerprint density at radius 2 is 1.83 bits per heavy atom. The first-order valence-corrected chi connectivity index (χ1v) is 9.57. The fourth-order valence-corrected chi connectivity index (χ4v) is 5.71. The second-order valence-corrected chi connectivity index (χ2v) is 9.40. The van der Waals surface area contributed by atoms with Crippen molar-refractivity contribution in [3.63, 3.8) is 0 Å². The van der Waals surface area contributed by atoms with Crippen LogP contribution in [0.5, 0.6) is 0 Å². The van der Waals surface area contributed by atoms with Crippen LogP contribution in [0.2, 0.25) is 0 Å². The molecule has 0 aromatic heterocycles. The number of carbonyl (C=O) groups is 1. The van der Waals surface area contributed by atoms with E-state index < -0.39 is 17.7 Å². The maximum Gasteiger partial charge on any atom is 0.303 e. The van der Waals surface area contributed by atoms with E-state index in [1.54, 1.807) is 0 Å². The molecule has 0 aromatic rings. The second-order valence-electron chi connectivity index (χ2n) is 9.40. The number of rotatable bonds is 5. The molecule has 0 saturated heterocycles. The molecule has 0 bridgehead atoms. The van der Waals surface area contributed by atoms with Crippen molar-refractivity contribution in [1.82, 2.24) is 0 Å². The molecule has 2 aliphatic rings. The van der Waals surface area contributed by atoms with Crippen LogP contribution >= 0.6 is 0 Å². The van der Waals surface area contributed by atoms with E-state index in [2.05, 4.69) is 20.8 Å². The van der Waals surface area contributed by atoms with E-state index >= 15 is 0 Å². The SMILES string of the molecule is CC(CCC1(C)C(C)CCC2(C)C1CCC(O)C2(C)O)CC(=O)O. The normalized spacial score (nSPS) is 47.0. The average molecular weight is 341 g/mol. The summed E-state index contributed by atoms with van der Waals surface area (Å²) in [5.74, 6) is 0.370. The summed E-state index contributed by atoms with van der Waals surface area (Å²) in [6, 6.07) is 0. The summed E-state index contributed by atoms with van der Waals surface area (Å²) in [4.78, 5) is 10.9. The Morgan fingerprint density at radius 1 is 1.21 bits per heavy atom. The number of carboxylic acids is 1. The third-order valence-electron chi connectivity index (χ3n) is 8.02.